The van der Waals surface area contributed by atoms with Gasteiger partial charge in [-0.25, -0.2) is 0 Å². The van der Waals surface area contributed by atoms with Crippen LogP contribution in [-0.2, 0) is 14.3 Å². The van der Waals surface area contributed by atoms with Crippen molar-refractivity contribution in [3.63, 3.8) is 0 Å². The first-order chi connectivity index (χ1) is 8.16. The molecule has 98 valence electrons. The molecular weight excluding hydrogens is 220 g/mol. The predicted octanol–water partition coefficient (Wildman–Crippen LogP) is 0.000700. The van der Waals surface area contributed by atoms with Crippen molar-refractivity contribution >= 4 is 5.91 Å². The van der Waals surface area contributed by atoms with Gasteiger partial charge in [0.25, 0.3) is 0 Å². The van der Waals surface area contributed by atoms with Crippen LogP contribution in [0, 0.1) is 0 Å². The number of hydrogen-bond acceptors (Lipinski definition) is 4. The molecule has 0 aromatic carbocycles. The highest BCUT2D eigenvalue weighted by Gasteiger charge is 2.29. The van der Waals surface area contributed by atoms with Crippen LogP contribution in [0.2, 0.25) is 0 Å². The fourth-order valence-electron chi connectivity index (χ4n) is 2.31. The lowest BCUT2D eigenvalue weighted by Crippen LogP contribution is -2.51. The summed E-state index contributed by atoms with van der Waals surface area (Å²) in [6, 6.07) is 0.176. The third-order valence-electron chi connectivity index (χ3n) is 3.33. The molecule has 1 amide bonds. The van der Waals surface area contributed by atoms with Crippen LogP contribution in [0.1, 0.15) is 20.3 Å². The molecule has 5 nitrogen and oxygen atoms in total. The van der Waals surface area contributed by atoms with E-state index in [2.05, 4.69) is 5.32 Å². The van der Waals surface area contributed by atoms with Crippen molar-refractivity contribution in [1.82, 2.24) is 10.2 Å². The van der Waals surface area contributed by atoms with Crippen LogP contribution in [-0.4, -0.2) is 61.9 Å². The molecule has 0 spiro atoms. The number of amides is 1. The molecule has 0 aliphatic carbocycles. The Morgan fingerprint density at radius 1 is 1.41 bits per heavy atom. The van der Waals surface area contributed by atoms with Crippen LogP contribution < -0.4 is 5.32 Å². The van der Waals surface area contributed by atoms with Crippen LogP contribution in [0.15, 0.2) is 0 Å². The van der Waals surface area contributed by atoms with Gasteiger partial charge in [-0.2, -0.15) is 0 Å². The Labute approximate surface area is 102 Å². The zero-order valence-corrected chi connectivity index (χ0v) is 10.6. The molecule has 3 atom stereocenters. The first-order valence-electron chi connectivity index (χ1n) is 6.40. The second-order valence-electron chi connectivity index (χ2n) is 4.94. The van der Waals surface area contributed by atoms with Crippen LogP contribution in [0.5, 0.6) is 0 Å². The Balaban J connectivity index is 1.85. The van der Waals surface area contributed by atoms with Gasteiger partial charge in [-0.05, 0) is 13.8 Å². The van der Waals surface area contributed by atoms with E-state index >= 15 is 0 Å². The maximum absolute atomic E-state index is 12.2. The largest absolute Gasteiger partial charge is 0.375 e. The van der Waals surface area contributed by atoms with Gasteiger partial charge in [0.15, 0.2) is 0 Å². The van der Waals surface area contributed by atoms with Gasteiger partial charge in [-0.15, -0.1) is 0 Å². The van der Waals surface area contributed by atoms with E-state index in [9.17, 15) is 4.79 Å². The van der Waals surface area contributed by atoms with Crippen molar-refractivity contribution in [1.29, 1.82) is 0 Å². The fourth-order valence-corrected chi connectivity index (χ4v) is 2.31. The second kappa shape index (κ2) is 5.80. The lowest BCUT2D eigenvalue weighted by Gasteiger charge is -2.37. The van der Waals surface area contributed by atoms with Gasteiger partial charge in [-0.3, -0.25) is 4.79 Å². The Kier molecular flexibility index (Phi) is 4.36. The molecule has 0 bridgehead atoms. The lowest BCUT2D eigenvalue weighted by molar-refractivity contribution is -0.146. The van der Waals surface area contributed by atoms with Crippen molar-refractivity contribution < 1.29 is 14.3 Å². The number of rotatable bonds is 2. The van der Waals surface area contributed by atoms with E-state index in [4.69, 9.17) is 9.47 Å². The number of ether oxygens (including phenoxy) is 2. The number of carbonyl (C=O) groups excluding carboxylic acids is 1. The summed E-state index contributed by atoms with van der Waals surface area (Å²) >= 11 is 0. The summed E-state index contributed by atoms with van der Waals surface area (Å²) < 4.78 is 11.1. The number of nitrogens with one attached hydrogen (secondary N) is 1. The summed E-state index contributed by atoms with van der Waals surface area (Å²) in [6.07, 6.45) is 0.645. The molecule has 2 rings (SSSR count). The van der Waals surface area contributed by atoms with Crippen LogP contribution >= 0.6 is 0 Å². The van der Waals surface area contributed by atoms with Gasteiger partial charge in [0.05, 0.1) is 37.9 Å². The molecule has 2 aliphatic heterocycles. The summed E-state index contributed by atoms with van der Waals surface area (Å²) in [6.45, 7) is 7.73. The molecule has 0 aromatic heterocycles. The number of hydrogen-bond donors (Lipinski definition) is 1. The molecule has 0 radical (unpaired) electrons. The van der Waals surface area contributed by atoms with E-state index in [0.717, 1.165) is 13.1 Å². The van der Waals surface area contributed by atoms with Crippen LogP contribution in [0.25, 0.3) is 0 Å². The van der Waals surface area contributed by atoms with Crippen molar-refractivity contribution in [2.45, 2.75) is 38.5 Å². The predicted molar refractivity (Wildman–Crippen MR) is 63.8 cm³/mol. The van der Waals surface area contributed by atoms with E-state index in [1.165, 1.54) is 0 Å². The zero-order chi connectivity index (χ0) is 12.3. The minimum absolute atomic E-state index is 0.0293. The Bertz CT molecular complexity index is 266. The average Bonchev–Trinajstić information content (AvgIpc) is 2.33. The van der Waals surface area contributed by atoms with Gasteiger partial charge in [0, 0.05) is 19.6 Å². The molecule has 3 unspecified atom stereocenters. The van der Waals surface area contributed by atoms with E-state index in [0.29, 0.717) is 26.2 Å². The Hall–Kier alpha value is -0.650. The van der Waals surface area contributed by atoms with E-state index < -0.39 is 0 Å². The summed E-state index contributed by atoms with van der Waals surface area (Å²) in [5.74, 6) is 0.182. The van der Waals surface area contributed by atoms with Crippen molar-refractivity contribution in [3.05, 3.63) is 0 Å². The third kappa shape index (κ3) is 3.40. The summed E-state index contributed by atoms with van der Waals surface area (Å²) in [7, 11) is 0. The molecule has 5 heteroatoms. The molecule has 2 heterocycles. The standard InChI is InChI=1S/C12H22N2O3/c1-9-8-17-10(2)7-14(9)12(15)5-11-6-13-3-4-16-11/h9-11,13H,3-8H2,1-2H3. The topological polar surface area (TPSA) is 50.8 Å². The van der Waals surface area contributed by atoms with Gasteiger partial charge in [-0.1, -0.05) is 0 Å². The summed E-state index contributed by atoms with van der Waals surface area (Å²) in [4.78, 5) is 14.1. The Morgan fingerprint density at radius 2 is 2.24 bits per heavy atom. The molecule has 17 heavy (non-hydrogen) atoms. The van der Waals surface area contributed by atoms with Crippen LogP contribution in [0.4, 0.5) is 0 Å². The zero-order valence-electron chi connectivity index (χ0n) is 10.6. The number of morpholine rings is 2. The maximum atomic E-state index is 12.2. The monoisotopic (exact) mass is 242 g/mol. The van der Waals surface area contributed by atoms with E-state index in [1.54, 1.807) is 0 Å². The minimum Gasteiger partial charge on any atom is -0.375 e. The highest BCUT2D eigenvalue weighted by molar-refractivity contribution is 5.77. The normalized spacial score (nSPS) is 34.7. The number of nitrogens with zero attached hydrogens (tertiary/aromatic N) is 1. The average molecular weight is 242 g/mol. The van der Waals surface area contributed by atoms with Crippen molar-refractivity contribution in [2.24, 2.45) is 0 Å². The minimum atomic E-state index is 0.0293. The molecule has 2 fully saturated rings. The maximum Gasteiger partial charge on any atom is 0.225 e. The third-order valence-corrected chi connectivity index (χ3v) is 3.33. The lowest BCUT2D eigenvalue weighted by atomic mass is 10.1. The molecule has 2 saturated heterocycles. The van der Waals surface area contributed by atoms with Crippen molar-refractivity contribution in [2.75, 3.05) is 32.8 Å². The molecular formula is C12H22N2O3. The van der Waals surface area contributed by atoms with Gasteiger partial charge >= 0.3 is 0 Å². The van der Waals surface area contributed by atoms with E-state index in [1.807, 2.05) is 18.7 Å². The first-order valence-corrected chi connectivity index (χ1v) is 6.40. The number of carbonyl (C=O) groups is 1. The van der Waals surface area contributed by atoms with E-state index in [-0.39, 0.29) is 24.2 Å². The summed E-state index contributed by atoms with van der Waals surface area (Å²) in [5, 5.41) is 3.24. The summed E-state index contributed by atoms with van der Waals surface area (Å²) in [5.41, 5.74) is 0. The van der Waals surface area contributed by atoms with Gasteiger partial charge in [0.1, 0.15) is 0 Å². The highest BCUT2D eigenvalue weighted by Crippen LogP contribution is 2.14. The highest BCUT2D eigenvalue weighted by atomic mass is 16.5. The first kappa shape index (κ1) is 12.8. The van der Waals surface area contributed by atoms with Gasteiger partial charge < -0.3 is 19.7 Å². The smallest absolute Gasteiger partial charge is 0.225 e. The van der Waals surface area contributed by atoms with Crippen molar-refractivity contribution in [3.8, 4) is 0 Å². The fraction of sp³-hybridized carbons (Fsp3) is 0.917. The quantitative estimate of drug-likeness (QED) is 0.740. The second-order valence-corrected chi connectivity index (χ2v) is 4.94. The molecule has 0 aromatic rings. The van der Waals surface area contributed by atoms with Gasteiger partial charge in [0.2, 0.25) is 5.91 Å². The SMILES string of the molecule is CC1CN(C(=O)CC2CNCCO2)C(C)CO1. The Morgan fingerprint density at radius 3 is 2.94 bits per heavy atom. The molecule has 1 N–H and O–H groups in total. The van der Waals surface area contributed by atoms with Crippen LogP contribution in [0.3, 0.4) is 0 Å². The molecule has 0 saturated carbocycles. The molecule has 2 aliphatic rings.